The van der Waals surface area contributed by atoms with Crippen LogP contribution in [0.1, 0.15) is 5.56 Å². The minimum Gasteiger partial charge on any atom is -0.431 e. The fourth-order valence-electron chi connectivity index (χ4n) is 2.73. The fraction of sp³-hybridized carbons (Fsp3) is 0.0476. The van der Waals surface area contributed by atoms with Crippen molar-refractivity contribution in [2.45, 2.75) is 11.8 Å². The number of halogens is 2. The zero-order chi connectivity index (χ0) is 21.3. The Morgan fingerprint density at radius 2 is 1.63 bits per heavy atom. The van der Waals surface area contributed by atoms with Crippen molar-refractivity contribution in [3.8, 4) is 0 Å². The van der Waals surface area contributed by atoms with Crippen LogP contribution in [0.25, 0.3) is 15.8 Å². The Balaban J connectivity index is 1.79. The average molecular weight is 486 g/mol. The van der Waals surface area contributed by atoms with E-state index >= 15 is 0 Å². The molecule has 0 saturated carbocycles. The molecular weight excluding hydrogens is 471 g/mol. The molecule has 0 unspecified atom stereocenters. The lowest BCUT2D eigenvalue weighted by molar-refractivity contribution is 0.603. The molecule has 3 aromatic carbocycles. The maximum absolute atomic E-state index is 14.3. The molecule has 30 heavy (non-hydrogen) atoms. The van der Waals surface area contributed by atoms with Gasteiger partial charge < -0.3 is 15.0 Å². The molecule has 0 amide bonds. The number of para-hydroxylation sites is 2. The van der Waals surface area contributed by atoms with Gasteiger partial charge >= 0.3 is 0 Å². The van der Waals surface area contributed by atoms with Gasteiger partial charge in [-0.3, -0.25) is 0 Å². The highest BCUT2D eigenvalue weighted by Gasteiger charge is 2.13. The molecule has 1 aromatic heterocycles. The first-order valence-electron chi connectivity index (χ1n) is 8.85. The highest BCUT2D eigenvalue weighted by Crippen LogP contribution is 2.35. The normalized spacial score (nSPS) is 11.4. The summed E-state index contributed by atoms with van der Waals surface area (Å²) in [5.74, 6) is -0.658. The van der Waals surface area contributed by atoms with E-state index in [0.29, 0.717) is 15.5 Å². The summed E-state index contributed by atoms with van der Waals surface area (Å²) < 4.78 is 44.4. The summed E-state index contributed by atoms with van der Waals surface area (Å²) in [6.07, 6.45) is 0. The van der Waals surface area contributed by atoms with Crippen molar-refractivity contribution in [2.75, 3.05) is 5.32 Å². The standard InChI is InChI=1S/C21H15BrFN4O2S/c1-13-6-9-15(10-7-13)30(28,29)27-21-20(24-17-11-8-14(22)12-16(17)23)25-18-4-2-3-5-19(18)26-21/h2-12H,1H3,(H-,24,25,26,27)/q-1. The number of rotatable bonds is 5. The molecule has 152 valence electrons. The van der Waals surface area contributed by atoms with Crippen LogP contribution in [0.15, 0.2) is 76.1 Å². The summed E-state index contributed by atoms with van der Waals surface area (Å²) in [6.45, 7) is 1.86. The zero-order valence-corrected chi connectivity index (χ0v) is 18.1. The molecule has 0 aliphatic heterocycles. The first-order chi connectivity index (χ1) is 14.3. The van der Waals surface area contributed by atoms with Gasteiger partial charge in [0.15, 0.2) is 0 Å². The number of anilines is 2. The van der Waals surface area contributed by atoms with Crippen LogP contribution in [-0.2, 0) is 10.0 Å². The van der Waals surface area contributed by atoms with Gasteiger partial charge in [-0.05, 0) is 54.7 Å². The molecule has 0 fully saturated rings. The molecule has 4 rings (SSSR count). The van der Waals surface area contributed by atoms with Gasteiger partial charge in [-0.25, -0.2) is 17.8 Å². The van der Waals surface area contributed by atoms with Gasteiger partial charge in [-0.1, -0.05) is 51.8 Å². The number of aryl methyl sites for hydroxylation is 1. The lowest BCUT2D eigenvalue weighted by atomic mass is 10.2. The quantitative estimate of drug-likeness (QED) is 0.375. The number of sulfonamides is 1. The van der Waals surface area contributed by atoms with Gasteiger partial charge in [0.25, 0.3) is 0 Å². The molecule has 0 aliphatic carbocycles. The van der Waals surface area contributed by atoms with E-state index in [9.17, 15) is 12.8 Å². The van der Waals surface area contributed by atoms with E-state index in [4.69, 9.17) is 0 Å². The van der Waals surface area contributed by atoms with Crippen LogP contribution in [-0.4, -0.2) is 18.4 Å². The van der Waals surface area contributed by atoms with Crippen molar-refractivity contribution in [3.63, 3.8) is 0 Å². The average Bonchev–Trinajstić information content (AvgIpc) is 2.70. The van der Waals surface area contributed by atoms with Crippen LogP contribution in [0, 0.1) is 12.7 Å². The molecule has 0 radical (unpaired) electrons. The molecule has 1 N–H and O–H groups in total. The van der Waals surface area contributed by atoms with E-state index in [0.717, 1.165) is 5.56 Å². The number of nitrogens with zero attached hydrogens (tertiary/aromatic N) is 3. The Morgan fingerprint density at radius 1 is 0.967 bits per heavy atom. The maximum atomic E-state index is 14.3. The predicted octanol–water partition coefficient (Wildman–Crippen LogP) is 5.98. The van der Waals surface area contributed by atoms with E-state index in [-0.39, 0.29) is 22.2 Å². The third kappa shape index (κ3) is 4.27. The number of aromatic nitrogens is 2. The minimum absolute atomic E-state index is 0.0313. The number of hydrogen-bond acceptors (Lipinski definition) is 5. The van der Waals surface area contributed by atoms with E-state index in [1.54, 1.807) is 42.5 Å². The smallest absolute Gasteiger partial charge is 0.202 e. The lowest BCUT2D eigenvalue weighted by Crippen LogP contribution is -2.03. The Hall–Kier alpha value is -3.04. The van der Waals surface area contributed by atoms with Crippen molar-refractivity contribution in [1.29, 1.82) is 0 Å². The summed E-state index contributed by atoms with van der Waals surface area (Å²) in [5.41, 5.74) is 2.03. The molecular formula is C21H15BrFN4O2S-. The van der Waals surface area contributed by atoms with Gasteiger partial charge in [-0.2, -0.15) is 0 Å². The van der Waals surface area contributed by atoms with Gasteiger partial charge in [0.1, 0.15) is 11.6 Å². The number of fused-ring (bicyclic) bond motifs is 1. The van der Waals surface area contributed by atoms with Gasteiger partial charge in [-0.15, -0.1) is 0 Å². The monoisotopic (exact) mass is 485 g/mol. The molecule has 0 atom stereocenters. The summed E-state index contributed by atoms with van der Waals surface area (Å²) >= 11 is 3.21. The molecule has 0 aliphatic rings. The predicted molar refractivity (Wildman–Crippen MR) is 118 cm³/mol. The third-order valence-corrected chi connectivity index (χ3v) is 6.04. The Kier molecular flexibility index (Phi) is 5.40. The molecule has 0 saturated heterocycles. The van der Waals surface area contributed by atoms with E-state index < -0.39 is 15.8 Å². The van der Waals surface area contributed by atoms with E-state index in [1.165, 1.54) is 24.3 Å². The topological polar surface area (TPSA) is 86.1 Å². The number of benzene rings is 3. The van der Waals surface area contributed by atoms with Crippen molar-refractivity contribution in [3.05, 3.63) is 87.3 Å². The molecule has 4 aromatic rings. The molecule has 0 bridgehead atoms. The van der Waals surface area contributed by atoms with Crippen LogP contribution in [0.5, 0.6) is 0 Å². The van der Waals surface area contributed by atoms with E-state index in [2.05, 4.69) is 35.9 Å². The second kappa shape index (κ2) is 8.00. The first kappa shape index (κ1) is 20.2. The lowest BCUT2D eigenvalue weighted by Gasteiger charge is -2.21. The van der Waals surface area contributed by atoms with Gasteiger partial charge in [0.2, 0.25) is 10.0 Å². The van der Waals surface area contributed by atoms with E-state index in [1.807, 2.05) is 6.92 Å². The second-order valence-electron chi connectivity index (χ2n) is 6.51. The van der Waals surface area contributed by atoms with Gasteiger partial charge in [0, 0.05) is 4.47 Å². The summed E-state index contributed by atoms with van der Waals surface area (Å²) in [6, 6.07) is 17.7. The number of hydrogen-bond donors (Lipinski definition) is 1. The van der Waals surface area contributed by atoms with Crippen molar-refractivity contribution >= 4 is 54.3 Å². The van der Waals surface area contributed by atoms with Crippen LogP contribution in [0.2, 0.25) is 0 Å². The van der Waals surface area contributed by atoms with Gasteiger partial charge in [0.05, 0.1) is 16.1 Å². The maximum Gasteiger partial charge on any atom is 0.202 e. The second-order valence-corrected chi connectivity index (χ2v) is 9.03. The van der Waals surface area contributed by atoms with Crippen LogP contribution in [0.3, 0.4) is 0 Å². The van der Waals surface area contributed by atoms with Crippen molar-refractivity contribution in [1.82, 2.24) is 9.97 Å². The zero-order valence-electron chi connectivity index (χ0n) is 15.7. The molecule has 9 heteroatoms. The summed E-state index contributed by atoms with van der Waals surface area (Å²) in [5, 5.41) is 2.82. The Morgan fingerprint density at radius 3 is 2.30 bits per heavy atom. The van der Waals surface area contributed by atoms with Crippen LogP contribution in [0.4, 0.5) is 21.7 Å². The SMILES string of the molecule is Cc1ccc(S(=O)(=O)[N-]c2nc3ccccc3nc2Nc2ccc(Br)cc2F)cc1. The van der Waals surface area contributed by atoms with Crippen LogP contribution >= 0.6 is 15.9 Å². The van der Waals surface area contributed by atoms with Crippen molar-refractivity contribution < 1.29 is 12.8 Å². The largest absolute Gasteiger partial charge is 0.431 e. The Bertz CT molecular complexity index is 1350. The summed E-state index contributed by atoms with van der Waals surface area (Å²) in [4.78, 5) is 8.79. The highest BCUT2D eigenvalue weighted by atomic mass is 79.9. The molecule has 6 nitrogen and oxygen atoms in total. The Labute approximate surface area is 181 Å². The number of nitrogens with one attached hydrogen (secondary N) is 1. The fourth-order valence-corrected chi connectivity index (χ4v) is 4.01. The van der Waals surface area contributed by atoms with Crippen LogP contribution < -0.4 is 5.32 Å². The first-order valence-corrected chi connectivity index (χ1v) is 11.1. The highest BCUT2D eigenvalue weighted by molar-refractivity contribution is 9.10. The molecule has 0 spiro atoms. The summed E-state index contributed by atoms with van der Waals surface area (Å²) in [7, 11) is -4.05. The molecule has 1 heterocycles. The van der Waals surface area contributed by atoms with Crippen molar-refractivity contribution in [2.24, 2.45) is 0 Å². The minimum atomic E-state index is -4.05. The third-order valence-electron chi connectivity index (χ3n) is 4.26.